The van der Waals surface area contributed by atoms with Crippen molar-refractivity contribution in [1.29, 1.82) is 0 Å². The molecule has 0 unspecified atom stereocenters. The highest BCUT2D eigenvalue weighted by Crippen LogP contribution is 2.38. The van der Waals surface area contributed by atoms with Crippen molar-refractivity contribution in [2.75, 3.05) is 0 Å². The zero-order chi connectivity index (χ0) is 30.3. The molecule has 4 aromatic carbocycles. The minimum absolute atomic E-state index is 0.533. The van der Waals surface area contributed by atoms with Crippen molar-refractivity contribution in [2.24, 2.45) is 0 Å². The molecule has 0 radical (unpaired) electrons. The number of hydrogen-bond donors (Lipinski definition) is 0. The van der Waals surface area contributed by atoms with E-state index in [1.165, 1.54) is 0 Å². The molecule has 6 nitrogen and oxygen atoms in total. The fourth-order valence-corrected chi connectivity index (χ4v) is 6.17. The van der Waals surface area contributed by atoms with Gasteiger partial charge in [0.05, 0.1) is 27.8 Å². The van der Waals surface area contributed by atoms with Gasteiger partial charge < -0.3 is 4.57 Å². The number of para-hydroxylation sites is 1. The molecule has 214 valence electrons. The van der Waals surface area contributed by atoms with Gasteiger partial charge in [-0.25, -0.2) is 4.98 Å². The number of pyridine rings is 1. The SMILES string of the molecule is C=Cc1c(C=CC)c2cc3c4ncccc4n(-c4nc(-c5ccccc5)nc(-c5ccccc5)n4)c3cc2n1-c1ccccc1. The first-order valence-electron chi connectivity index (χ1n) is 14.9. The summed E-state index contributed by atoms with van der Waals surface area (Å²) in [5.41, 5.74) is 8.87. The van der Waals surface area contributed by atoms with Gasteiger partial charge in [0.15, 0.2) is 11.6 Å². The monoisotopic (exact) mass is 580 g/mol. The van der Waals surface area contributed by atoms with Crippen molar-refractivity contribution < 1.29 is 0 Å². The molecule has 0 amide bonds. The van der Waals surface area contributed by atoms with Gasteiger partial charge in [0.1, 0.15) is 0 Å². The molecule has 6 heteroatoms. The summed E-state index contributed by atoms with van der Waals surface area (Å²) in [5.74, 6) is 1.75. The van der Waals surface area contributed by atoms with Gasteiger partial charge in [-0.1, -0.05) is 97.6 Å². The van der Waals surface area contributed by atoms with Crippen LogP contribution < -0.4 is 0 Å². The van der Waals surface area contributed by atoms with Crippen molar-refractivity contribution in [1.82, 2.24) is 29.1 Å². The van der Waals surface area contributed by atoms with Crippen molar-refractivity contribution in [3.63, 3.8) is 0 Å². The number of nitrogens with zero attached hydrogens (tertiary/aromatic N) is 6. The highest BCUT2D eigenvalue weighted by Gasteiger charge is 2.22. The van der Waals surface area contributed by atoms with E-state index < -0.39 is 0 Å². The summed E-state index contributed by atoms with van der Waals surface area (Å²) in [5, 5.41) is 2.14. The average molecular weight is 581 g/mol. The van der Waals surface area contributed by atoms with E-state index >= 15 is 0 Å². The predicted octanol–water partition coefficient (Wildman–Crippen LogP) is 9.32. The van der Waals surface area contributed by atoms with E-state index in [-0.39, 0.29) is 0 Å². The van der Waals surface area contributed by atoms with Gasteiger partial charge in [-0.2, -0.15) is 9.97 Å². The number of allylic oxidation sites excluding steroid dienone is 1. The van der Waals surface area contributed by atoms with Gasteiger partial charge in [0.2, 0.25) is 5.95 Å². The maximum atomic E-state index is 5.08. The second-order valence-corrected chi connectivity index (χ2v) is 10.8. The summed E-state index contributed by atoms with van der Waals surface area (Å²) in [6, 6.07) is 39.0. The van der Waals surface area contributed by atoms with Crippen LogP contribution in [0.5, 0.6) is 0 Å². The highest BCUT2D eigenvalue weighted by atomic mass is 15.2. The molecule has 0 saturated carbocycles. The van der Waals surface area contributed by atoms with Crippen LogP contribution in [0.3, 0.4) is 0 Å². The Hall–Kier alpha value is -6.14. The summed E-state index contributed by atoms with van der Waals surface area (Å²) in [7, 11) is 0. The molecule has 0 atom stereocenters. The summed E-state index contributed by atoms with van der Waals surface area (Å²) < 4.78 is 4.38. The van der Waals surface area contributed by atoms with Gasteiger partial charge in [0.25, 0.3) is 0 Å². The first-order valence-corrected chi connectivity index (χ1v) is 14.9. The molecule has 0 aliphatic heterocycles. The smallest absolute Gasteiger partial charge is 0.238 e. The molecule has 0 spiro atoms. The summed E-state index contributed by atoms with van der Waals surface area (Å²) in [4.78, 5) is 19.9. The molecule has 0 fully saturated rings. The van der Waals surface area contributed by atoms with E-state index in [1.807, 2.05) is 92.0 Å². The lowest BCUT2D eigenvalue weighted by Gasteiger charge is -2.11. The first kappa shape index (κ1) is 26.5. The molecule has 0 bridgehead atoms. The molecule has 4 heterocycles. The van der Waals surface area contributed by atoms with Crippen LogP contribution in [-0.2, 0) is 0 Å². The van der Waals surface area contributed by atoms with E-state index in [9.17, 15) is 0 Å². The van der Waals surface area contributed by atoms with Crippen LogP contribution in [0.25, 0.3) is 79.4 Å². The predicted molar refractivity (Wildman–Crippen MR) is 184 cm³/mol. The van der Waals surface area contributed by atoms with E-state index in [1.54, 1.807) is 0 Å². The Bertz CT molecular complexity index is 2330. The molecule has 0 aliphatic rings. The molecule has 4 aromatic heterocycles. The maximum Gasteiger partial charge on any atom is 0.238 e. The lowest BCUT2D eigenvalue weighted by Crippen LogP contribution is -2.06. The third kappa shape index (κ3) is 4.34. The number of fused-ring (bicyclic) bond motifs is 4. The highest BCUT2D eigenvalue weighted by molar-refractivity contribution is 6.13. The van der Waals surface area contributed by atoms with Crippen LogP contribution in [0.15, 0.2) is 134 Å². The second kappa shape index (κ2) is 10.8. The molecule has 0 N–H and O–H groups in total. The van der Waals surface area contributed by atoms with Crippen LogP contribution >= 0.6 is 0 Å². The number of benzene rings is 4. The molecule has 0 saturated heterocycles. The molecular weight excluding hydrogens is 552 g/mol. The topological polar surface area (TPSA) is 61.4 Å². The van der Waals surface area contributed by atoms with Crippen LogP contribution in [0.4, 0.5) is 0 Å². The molecule has 8 aromatic rings. The molecule has 8 rings (SSSR count). The Balaban J connectivity index is 1.50. The Morgan fingerprint density at radius 3 is 1.87 bits per heavy atom. The van der Waals surface area contributed by atoms with Crippen LogP contribution in [-0.4, -0.2) is 29.1 Å². The van der Waals surface area contributed by atoms with Gasteiger partial charge in [-0.15, -0.1) is 0 Å². The standard InChI is InChI=1S/C39H28N6/c1-3-15-29-30-24-31-35(25-34(30)44(32(29)4-2)28-20-12-7-13-21-28)45(33-22-14-23-40-36(31)33)39-42-37(26-16-8-5-9-17-26)41-38(43-39)27-18-10-6-11-19-27/h3-25H,2H2,1H3. The minimum atomic E-state index is 0.533. The zero-order valence-corrected chi connectivity index (χ0v) is 24.7. The molecule has 0 aliphatic carbocycles. The second-order valence-electron chi connectivity index (χ2n) is 10.8. The van der Waals surface area contributed by atoms with Gasteiger partial charge in [-0.05, 0) is 49.4 Å². The fraction of sp³-hybridized carbons (Fsp3) is 0.0256. The van der Waals surface area contributed by atoms with Gasteiger partial charge in [0, 0.05) is 39.3 Å². The summed E-state index contributed by atoms with van der Waals surface area (Å²) in [6.07, 6.45) is 8.00. The van der Waals surface area contributed by atoms with Gasteiger partial charge >= 0.3 is 0 Å². The summed E-state index contributed by atoms with van der Waals surface area (Å²) >= 11 is 0. The Morgan fingerprint density at radius 2 is 1.24 bits per heavy atom. The van der Waals surface area contributed by atoms with E-state index in [2.05, 4.69) is 70.3 Å². The average Bonchev–Trinajstić information content (AvgIpc) is 3.60. The number of aromatic nitrogens is 6. The maximum absolute atomic E-state index is 5.08. The van der Waals surface area contributed by atoms with E-state index in [0.29, 0.717) is 17.6 Å². The van der Waals surface area contributed by atoms with Crippen molar-refractivity contribution in [2.45, 2.75) is 6.92 Å². The minimum Gasteiger partial charge on any atom is -0.309 e. The quantitative estimate of drug-likeness (QED) is 0.197. The van der Waals surface area contributed by atoms with Crippen molar-refractivity contribution >= 4 is 45.0 Å². The number of hydrogen-bond acceptors (Lipinski definition) is 4. The lowest BCUT2D eigenvalue weighted by molar-refractivity contribution is 0.953. The van der Waals surface area contributed by atoms with Gasteiger partial charge in [-0.3, -0.25) is 9.55 Å². The Labute approximate surface area is 260 Å². The van der Waals surface area contributed by atoms with Crippen LogP contribution in [0.1, 0.15) is 18.2 Å². The van der Waals surface area contributed by atoms with Crippen LogP contribution in [0, 0.1) is 0 Å². The Morgan fingerprint density at radius 1 is 0.622 bits per heavy atom. The van der Waals surface area contributed by atoms with Crippen LogP contribution in [0.2, 0.25) is 0 Å². The zero-order valence-electron chi connectivity index (χ0n) is 24.7. The summed E-state index contributed by atoms with van der Waals surface area (Å²) in [6.45, 7) is 6.25. The first-order chi connectivity index (χ1) is 22.2. The van der Waals surface area contributed by atoms with E-state index in [4.69, 9.17) is 19.9 Å². The van der Waals surface area contributed by atoms with E-state index in [0.717, 1.165) is 60.9 Å². The molecule has 45 heavy (non-hydrogen) atoms. The fourth-order valence-electron chi connectivity index (χ4n) is 6.17. The lowest BCUT2D eigenvalue weighted by atomic mass is 10.1. The third-order valence-electron chi connectivity index (χ3n) is 8.11. The molecular formula is C39H28N6. The Kier molecular flexibility index (Phi) is 6.38. The van der Waals surface area contributed by atoms with Crippen molar-refractivity contribution in [3.8, 4) is 34.4 Å². The number of rotatable bonds is 6. The third-order valence-corrected chi connectivity index (χ3v) is 8.11. The van der Waals surface area contributed by atoms with Crippen molar-refractivity contribution in [3.05, 3.63) is 145 Å². The largest absolute Gasteiger partial charge is 0.309 e. The normalized spacial score (nSPS) is 11.7.